The summed E-state index contributed by atoms with van der Waals surface area (Å²) in [5.41, 5.74) is 9.68. The molecule has 0 aliphatic rings. The minimum atomic E-state index is 0.0572. The highest BCUT2D eigenvalue weighted by atomic mass is 16.3. The molecular formula is C14H20N4O. The van der Waals surface area contributed by atoms with Crippen LogP contribution in [0.2, 0.25) is 0 Å². The second kappa shape index (κ2) is 5.75. The molecule has 19 heavy (non-hydrogen) atoms. The predicted octanol–water partition coefficient (Wildman–Crippen LogP) is 1.67. The second-order valence-electron chi connectivity index (χ2n) is 4.52. The van der Waals surface area contributed by atoms with Crippen LogP contribution in [0.1, 0.15) is 23.7 Å². The Balaban J connectivity index is 2.12. The second-order valence-corrected chi connectivity index (χ2v) is 4.52. The SMILES string of the molecule is CCc1nn(C)c(NCc2cccc(CO)c2)c1N. The van der Waals surface area contributed by atoms with Crippen molar-refractivity contribution in [1.29, 1.82) is 0 Å². The Labute approximate surface area is 113 Å². The van der Waals surface area contributed by atoms with Gasteiger partial charge in [0.05, 0.1) is 18.0 Å². The summed E-state index contributed by atoms with van der Waals surface area (Å²) in [6.45, 7) is 2.75. The van der Waals surface area contributed by atoms with Crippen molar-refractivity contribution in [1.82, 2.24) is 9.78 Å². The third kappa shape index (κ3) is 2.88. The van der Waals surface area contributed by atoms with Gasteiger partial charge in [-0.3, -0.25) is 4.68 Å². The van der Waals surface area contributed by atoms with Crippen LogP contribution in [-0.4, -0.2) is 14.9 Å². The zero-order valence-electron chi connectivity index (χ0n) is 11.3. The first kappa shape index (κ1) is 13.4. The van der Waals surface area contributed by atoms with Gasteiger partial charge in [-0.2, -0.15) is 5.10 Å². The van der Waals surface area contributed by atoms with Crippen LogP contribution in [0.4, 0.5) is 11.5 Å². The van der Waals surface area contributed by atoms with E-state index >= 15 is 0 Å². The van der Waals surface area contributed by atoms with Crippen LogP contribution in [0.25, 0.3) is 0 Å². The average molecular weight is 260 g/mol. The number of nitrogen functional groups attached to an aromatic ring is 1. The molecule has 0 atom stereocenters. The van der Waals surface area contributed by atoms with Crippen LogP contribution in [0.3, 0.4) is 0 Å². The highest BCUT2D eigenvalue weighted by Gasteiger charge is 2.11. The molecule has 5 heteroatoms. The lowest BCUT2D eigenvalue weighted by molar-refractivity contribution is 0.281. The number of rotatable bonds is 5. The molecule has 0 aliphatic heterocycles. The number of nitrogens with two attached hydrogens (primary N) is 1. The molecule has 0 amide bonds. The van der Waals surface area contributed by atoms with Gasteiger partial charge in [0, 0.05) is 13.6 Å². The number of nitrogens with one attached hydrogen (secondary N) is 1. The number of nitrogens with zero attached hydrogens (tertiary/aromatic N) is 2. The third-order valence-corrected chi connectivity index (χ3v) is 3.13. The van der Waals surface area contributed by atoms with Gasteiger partial charge < -0.3 is 16.2 Å². The molecule has 0 saturated carbocycles. The van der Waals surface area contributed by atoms with Crippen molar-refractivity contribution in [2.75, 3.05) is 11.1 Å². The number of anilines is 2. The van der Waals surface area contributed by atoms with Crippen LogP contribution in [0.15, 0.2) is 24.3 Å². The van der Waals surface area contributed by atoms with E-state index in [1.165, 1.54) is 0 Å². The van der Waals surface area contributed by atoms with E-state index in [-0.39, 0.29) is 6.61 Å². The summed E-state index contributed by atoms with van der Waals surface area (Å²) in [6.07, 6.45) is 0.821. The number of benzene rings is 1. The van der Waals surface area contributed by atoms with Crippen LogP contribution in [0.5, 0.6) is 0 Å². The Morgan fingerprint density at radius 2 is 2.11 bits per heavy atom. The summed E-state index contributed by atoms with van der Waals surface area (Å²) in [5.74, 6) is 0.839. The Kier molecular flexibility index (Phi) is 4.06. The molecule has 0 aliphatic carbocycles. The van der Waals surface area contributed by atoms with E-state index in [9.17, 15) is 0 Å². The van der Waals surface area contributed by atoms with Crippen molar-refractivity contribution in [3.05, 3.63) is 41.1 Å². The Bertz CT molecular complexity index is 563. The zero-order valence-corrected chi connectivity index (χ0v) is 11.3. The number of aliphatic hydroxyl groups excluding tert-OH is 1. The van der Waals surface area contributed by atoms with Crippen molar-refractivity contribution in [3.8, 4) is 0 Å². The highest BCUT2D eigenvalue weighted by Crippen LogP contribution is 2.22. The lowest BCUT2D eigenvalue weighted by Crippen LogP contribution is -2.06. The Hall–Kier alpha value is -2.01. The summed E-state index contributed by atoms with van der Waals surface area (Å²) in [5, 5.41) is 16.8. The standard InChI is InChI=1S/C14H20N4O/c1-3-12-13(15)14(18(2)17-12)16-8-10-5-4-6-11(7-10)9-19/h4-7,16,19H,3,8-9,15H2,1-2H3. The van der Waals surface area contributed by atoms with Crippen LogP contribution in [0, 0.1) is 0 Å². The molecule has 1 aromatic heterocycles. The average Bonchev–Trinajstić information content (AvgIpc) is 2.71. The van der Waals surface area contributed by atoms with E-state index in [1.807, 2.05) is 38.2 Å². The van der Waals surface area contributed by atoms with E-state index in [2.05, 4.69) is 10.4 Å². The fourth-order valence-corrected chi connectivity index (χ4v) is 2.09. The Morgan fingerprint density at radius 1 is 1.37 bits per heavy atom. The van der Waals surface area contributed by atoms with Gasteiger partial charge in [-0.15, -0.1) is 0 Å². The number of aryl methyl sites for hydroxylation is 2. The largest absolute Gasteiger partial charge is 0.394 e. The Morgan fingerprint density at radius 3 is 2.74 bits per heavy atom. The lowest BCUT2D eigenvalue weighted by Gasteiger charge is -2.08. The number of hydrogen-bond acceptors (Lipinski definition) is 4. The van der Waals surface area contributed by atoms with E-state index in [4.69, 9.17) is 10.8 Å². The van der Waals surface area contributed by atoms with Crippen molar-refractivity contribution < 1.29 is 5.11 Å². The molecule has 4 N–H and O–H groups in total. The number of hydrogen-bond donors (Lipinski definition) is 3. The molecular weight excluding hydrogens is 240 g/mol. The van der Waals surface area contributed by atoms with Crippen LogP contribution in [-0.2, 0) is 26.6 Å². The van der Waals surface area contributed by atoms with Crippen molar-refractivity contribution in [3.63, 3.8) is 0 Å². The fourth-order valence-electron chi connectivity index (χ4n) is 2.09. The molecule has 0 saturated heterocycles. The molecule has 0 bridgehead atoms. The first-order valence-electron chi connectivity index (χ1n) is 6.39. The highest BCUT2D eigenvalue weighted by molar-refractivity contribution is 5.65. The summed E-state index contributed by atoms with van der Waals surface area (Å²) in [4.78, 5) is 0. The van der Waals surface area contributed by atoms with Gasteiger partial charge in [-0.25, -0.2) is 0 Å². The molecule has 5 nitrogen and oxygen atoms in total. The first-order chi connectivity index (χ1) is 9.15. The molecule has 0 radical (unpaired) electrons. The number of aromatic nitrogens is 2. The van der Waals surface area contributed by atoms with Gasteiger partial charge in [-0.1, -0.05) is 31.2 Å². The molecule has 2 rings (SSSR count). The quantitative estimate of drug-likeness (QED) is 0.764. The smallest absolute Gasteiger partial charge is 0.148 e. The number of aliphatic hydroxyl groups is 1. The minimum absolute atomic E-state index is 0.0572. The molecule has 1 heterocycles. The van der Waals surface area contributed by atoms with Gasteiger partial charge in [0.15, 0.2) is 0 Å². The molecule has 102 valence electrons. The van der Waals surface area contributed by atoms with E-state index in [1.54, 1.807) is 4.68 Å². The molecule has 2 aromatic rings. The van der Waals surface area contributed by atoms with Gasteiger partial charge in [0.25, 0.3) is 0 Å². The molecule has 0 unspecified atom stereocenters. The van der Waals surface area contributed by atoms with Crippen LogP contribution >= 0.6 is 0 Å². The summed E-state index contributed by atoms with van der Waals surface area (Å²) >= 11 is 0. The minimum Gasteiger partial charge on any atom is -0.394 e. The van der Waals surface area contributed by atoms with Crippen LogP contribution < -0.4 is 11.1 Å². The maximum absolute atomic E-state index is 9.12. The topological polar surface area (TPSA) is 76.1 Å². The summed E-state index contributed by atoms with van der Waals surface area (Å²) in [7, 11) is 1.88. The van der Waals surface area contributed by atoms with E-state index < -0.39 is 0 Å². The summed E-state index contributed by atoms with van der Waals surface area (Å²) < 4.78 is 1.77. The van der Waals surface area contributed by atoms with Crippen molar-refractivity contribution >= 4 is 11.5 Å². The zero-order chi connectivity index (χ0) is 13.8. The van der Waals surface area contributed by atoms with Gasteiger partial charge in [-0.05, 0) is 17.5 Å². The summed E-state index contributed by atoms with van der Waals surface area (Å²) in [6, 6.07) is 7.82. The molecule has 0 spiro atoms. The molecule has 1 aromatic carbocycles. The monoisotopic (exact) mass is 260 g/mol. The van der Waals surface area contributed by atoms with Crippen molar-refractivity contribution in [2.45, 2.75) is 26.5 Å². The third-order valence-electron chi connectivity index (χ3n) is 3.13. The van der Waals surface area contributed by atoms with E-state index in [0.717, 1.165) is 29.1 Å². The van der Waals surface area contributed by atoms with Crippen molar-refractivity contribution in [2.24, 2.45) is 7.05 Å². The van der Waals surface area contributed by atoms with Gasteiger partial charge in [0.1, 0.15) is 5.82 Å². The fraction of sp³-hybridized carbons (Fsp3) is 0.357. The van der Waals surface area contributed by atoms with Gasteiger partial charge >= 0.3 is 0 Å². The lowest BCUT2D eigenvalue weighted by atomic mass is 10.1. The van der Waals surface area contributed by atoms with Gasteiger partial charge in [0.2, 0.25) is 0 Å². The molecule has 0 fully saturated rings. The first-order valence-corrected chi connectivity index (χ1v) is 6.39. The maximum atomic E-state index is 9.12. The van der Waals surface area contributed by atoms with E-state index in [0.29, 0.717) is 12.2 Å². The normalized spacial score (nSPS) is 10.7. The maximum Gasteiger partial charge on any atom is 0.148 e. The predicted molar refractivity (Wildman–Crippen MR) is 76.7 cm³/mol.